The summed E-state index contributed by atoms with van der Waals surface area (Å²) >= 11 is 0. The average Bonchev–Trinajstić information content (AvgIpc) is 2.00. The topological polar surface area (TPSA) is 75.1 Å². The molecule has 0 unspecified atom stereocenters. The molecule has 8 heteroatoms. The average molecular weight is 197 g/mol. The summed E-state index contributed by atoms with van der Waals surface area (Å²) in [6.07, 6.45) is -4.87. The first-order chi connectivity index (χ1) is 5.95. The van der Waals surface area contributed by atoms with Gasteiger partial charge in [0.25, 0.3) is 0 Å². The molecule has 0 rings (SSSR count). The van der Waals surface area contributed by atoms with Crippen molar-refractivity contribution in [1.29, 1.82) is 0 Å². The van der Waals surface area contributed by atoms with E-state index in [9.17, 15) is 18.0 Å². The van der Waals surface area contributed by atoms with Gasteiger partial charge in [0.1, 0.15) is 0 Å². The van der Waals surface area contributed by atoms with Gasteiger partial charge in [-0.15, -0.1) is 0 Å². The number of carbonyl (C=O) groups excluding carboxylic acids is 1. The number of ether oxygens (including phenoxy) is 1. The first-order valence-corrected chi connectivity index (χ1v) is 3.19. The Morgan fingerprint density at radius 3 is 2.62 bits per heavy atom. The third-order valence-electron chi connectivity index (χ3n) is 0.876. The van der Waals surface area contributed by atoms with Crippen LogP contribution in [0.4, 0.5) is 13.2 Å². The monoisotopic (exact) mass is 197 g/mol. The maximum Gasteiger partial charge on any atom is 0.422 e. The quantitative estimate of drug-likeness (QED) is 0.298. The highest BCUT2D eigenvalue weighted by Crippen LogP contribution is 2.14. The van der Waals surface area contributed by atoms with Crippen LogP contribution in [-0.4, -0.2) is 25.3 Å². The van der Waals surface area contributed by atoms with Crippen LogP contribution < -0.4 is 0 Å². The Bertz CT molecular complexity index is 222. The fourth-order valence-electron chi connectivity index (χ4n) is 0.421. The Balaban J connectivity index is 3.58. The van der Waals surface area contributed by atoms with Crippen LogP contribution in [0, 0.1) is 0 Å². The Labute approximate surface area is 71.1 Å². The smallest absolute Gasteiger partial charge is 0.422 e. The lowest BCUT2D eigenvalue weighted by atomic mass is 10.4. The molecule has 0 aromatic carbocycles. The molecule has 0 saturated carbocycles. The molecule has 0 spiro atoms. The molecule has 0 heterocycles. The summed E-state index contributed by atoms with van der Waals surface area (Å²) in [7, 11) is 0. The Kier molecular flexibility index (Phi) is 4.68. The van der Waals surface area contributed by atoms with E-state index in [-0.39, 0.29) is 13.0 Å². The van der Waals surface area contributed by atoms with Gasteiger partial charge in [-0.2, -0.15) is 13.2 Å². The lowest BCUT2D eigenvalue weighted by Gasteiger charge is -2.06. The van der Waals surface area contributed by atoms with E-state index in [0.717, 1.165) is 0 Å². The van der Waals surface area contributed by atoms with Gasteiger partial charge in [-0.05, 0) is 5.53 Å². The van der Waals surface area contributed by atoms with Crippen LogP contribution in [0.1, 0.15) is 6.42 Å². The highest BCUT2D eigenvalue weighted by molar-refractivity contribution is 5.69. The fraction of sp³-hybridized carbons (Fsp3) is 0.800. The van der Waals surface area contributed by atoms with Gasteiger partial charge in [-0.1, -0.05) is 5.11 Å². The van der Waals surface area contributed by atoms with Gasteiger partial charge in [0.15, 0.2) is 6.61 Å². The number of hydrogen-bond donors (Lipinski definition) is 0. The second kappa shape index (κ2) is 5.26. The van der Waals surface area contributed by atoms with E-state index in [1.807, 2.05) is 0 Å². The van der Waals surface area contributed by atoms with Crippen molar-refractivity contribution in [1.82, 2.24) is 0 Å². The molecule has 0 aliphatic carbocycles. The summed E-state index contributed by atoms with van der Waals surface area (Å²) in [5.41, 5.74) is 7.76. The molecule has 13 heavy (non-hydrogen) atoms. The summed E-state index contributed by atoms with van der Waals surface area (Å²) in [6, 6.07) is 0. The van der Waals surface area contributed by atoms with Crippen molar-refractivity contribution < 1.29 is 22.7 Å². The fourth-order valence-corrected chi connectivity index (χ4v) is 0.421. The van der Waals surface area contributed by atoms with Gasteiger partial charge in [-0.25, -0.2) is 0 Å². The first kappa shape index (κ1) is 11.6. The Morgan fingerprint density at radius 2 is 2.15 bits per heavy atom. The summed E-state index contributed by atoms with van der Waals surface area (Å²) in [5, 5.41) is 2.95. The zero-order chi connectivity index (χ0) is 10.3. The van der Waals surface area contributed by atoms with Gasteiger partial charge < -0.3 is 4.74 Å². The molecule has 0 atom stereocenters. The third kappa shape index (κ3) is 8.48. The maximum absolute atomic E-state index is 11.4. The molecule has 74 valence electrons. The standard InChI is InChI=1S/C5H6F3N3O2/c6-5(7,8)3-13-4(12)1-2-10-11-9/h1-3H2. The number of rotatable bonds is 4. The van der Waals surface area contributed by atoms with E-state index in [4.69, 9.17) is 5.53 Å². The second-order valence-electron chi connectivity index (χ2n) is 1.98. The maximum atomic E-state index is 11.4. The zero-order valence-corrected chi connectivity index (χ0v) is 6.41. The van der Waals surface area contributed by atoms with Crippen LogP contribution in [-0.2, 0) is 9.53 Å². The normalized spacial score (nSPS) is 10.4. The number of esters is 1. The summed E-state index contributed by atoms with van der Waals surface area (Å²) in [4.78, 5) is 12.8. The minimum atomic E-state index is -4.52. The number of alkyl halides is 3. The van der Waals surface area contributed by atoms with Gasteiger partial charge >= 0.3 is 12.1 Å². The lowest BCUT2D eigenvalue weighted by molar-refractivity contribution is -0.186. The number of carbonyl (C=O) groups is 1. The van der Waals surface area contributed by atoms with Crippen molar-refractivity contribution in [3.8, 4) is 0 Å². The predicted molar refractivity (Wildman–Crippen MR) is 35.6 cm³/mol. The van der Waals surface area contributed by atoms with E-state index in [1.165, 1.54) is 0 Å². The van der Waals surface area contributed by atoms with E-state index >= 15 is 0 Å². The third-order valence-corrected chi connectivity index (χ3v) is 0.876. The molecule has 0 bridgehead atoms. The van der Waals surface area contributed by atoms with Gasteiger partial charge in [0, 0.05) is 11.5 Å². The van der Waals surface area contributed by atoms with Crippen LogP contribution >= 0.6 is 0 Å². The Hall–Kier alpha value is -1.43. The van der Waals surface area contributed by atoms with Crippen LogP contribution in [0.5, 0.6) is 0 Å². The molecule has 0 amide bonds. The zero-order valence-electron chi connectivity index (χ0n) is 6.41. The molecule has 5 nitrogen and oxygen atoms in total. The molecular weight excluding hydrogens is 191 g/mol. The highest BCUT2D eigenvalue weighted by atomic mass is 19.4. The van der Waals surface area contributed by atoms with Crippen molar-refractivity contribution in [3.63, 3.8) is 0 Å². The Morgan fingerprint density at radius 1 is 1.54 bits per heavy atom. The second-order valence-corrected chi connectivity index (χ2v) is 1.98. The molecule has 0 aliphatic heterocycles. The summed E-state index contributed by atoms with van der Waals surface area (Å²) in [5.74, 6) is -1.04. The molecule has 0 radical (unpaired) electrons. The number of hydrogen-bond acceptors (Lipinski definition) is 3. The van der Waals surface area contributed by atoms with Crippen molar-refractivity contribution >= 4 is 5.97 Å². The van der Waals surface area contributed by atoms with E-state index < -0.39 is 18.8 Å². The van der Waals surface area contributed by atoms with Crippen LogP contribution in [0.2, 0.25) is 0 Å². The highest BCUT2D eigenvalue weighted by Gasteiger charge is 2.29. The molecule has 0 aliphatic rings. The number of nitrogens with zero attached hydrogens (tertiary/aromatic N) is 3. The van der Waals surface area contributed by atoms with Crippen LogP contribution in [0.3, 0.4) is 0 Å². The number of halogens is 3. The van der Waals surface area contributed by atoms with E-state index in [0.29, 0.717) is 0 Å². The summed E-state index contributed by atoms with van der Waals surface area (Å²) in [6.45, 7) is -1.81. The van der Waals surface area contributed by atoms with E-state index in [2.05, 4.69) is 14.8 Å². The number of azide groups is 1. The minimum Gasteiger partial charge on any atom is -0.456 e. The van der Waals surface area contributed by atoms with Crippen molar-refractivity contribution in [2.24, 2.45) is 5.11 Å². The SMILES string of the molecule is [N-]=[N+]=NCCC(=O)OCC(F)(F)F. The van der Waals surface area contributed by atoms with Crippen molar-refractivity contribution in [3.05, 3.63) is 10.4 Å². The van der Waals surface area contributed by atoms with Crippen LogP contribution in [0.25, 0.3) is 10.4 Å². The van der Waals surface area contributed by atoms with E-state index in [1.54, 1.807) is 0 Å². The largest absolute Gasteiger partial charge is 0.456 e. The first-order valence-electron chi connectivity index (χ1n) is 3.19. The lowest BCUT2D eigenvalue weighted by Crippen LogP contribution is -2.20. The van der Waals surface area contributed by atoms with Gasteiger partial charge in [0.2, 0.25) is 0 Å². The van der Waals surface area contributed by atoms with Gasteiger partial charge in [0.05, 0.1) is 6.42 Å². The summed E-state index contributed by atoms with van der Waals surface area (Å²) < 4.78 is 38.1. The molecule has 0 aromatic rings. The molecular formula is C5H6F3N3O2. The van der Waals surface area contributed by atoms with Crippen molar-refractivity contribution in [2.75, 3.05) is 13.2 Å². The minimum absolute atomic E-state index is 0.201. The van der Waals surface area contributed by atoms with Crippen molar-refractivity contribution in [2.45, 2.75) is 12.6 Å². The van der Waals surface area contributed by atoms with Gasteiger partial charge in [-0.3, -0.25) is 4.79 Å². The molecule has 0 saturated heterocycles. The molecule has 0 aromatic heterocycles. The predicted octanol–water partition coefficient (Wildman–Crippen LogP) is 1.79. The van der Waals surface area contributed by atoms with Crippen LogP contribution in [0.15, 0.2) is 5.11 Å². The molecule has 0 N–H and O–H groups in total. The molecule has 0 fully saturated rings.